The van der Waals surface area contributed by atoms with E-state index < -0.39 is 0 Å². The average molecular weight is 396 g/mol. The van der Waals surface area contributed by atoms with Crippen LogP contribution >= 0.6 is 0 Å². The van der Waals surface area contributed by atoms with Crippen molar-refractivity contribution in [2.24, 2.45) is 5.92 Å². The molecular formula is C25H24N4O. The topological polar surface area (TPSA) is 59.9 Å². The van der Waals surface area contributed by atoms with Gasteiger partial charge in [-0.1, -0.05) is 42.5 Å². The molecule has 5 rings (SSSR count). The molecule has 2 unspecified atom stereocenters. The van der Waals surface area contributed by atoms with Crippen molar-refractivity contribution in [2.75, 3.05) is 18.5 Å². The van der Waals surface area contributed by atoms with Crippen LogP contribution in [0.4, 0.5) is 5.82 Å². The number of ether oxygens (including phenoxy) is 1. The minimum absolute atomic E-state index is 0.154. The van der Waals surface area contributed by atoms with E-state index in [9.17, 15) is 0 Å². The molecule has 1 N–H and O–H groups in total. The maximum Gasteiger partial charge on any atom is 0.162 e. The van der Waals surface area contributed by atoms with E-state index in [1.165, 1.54) is 5.56 Å². The Balaban J connectivity index is 1.56. The zero-order valence-electron chi connectivity index (χ0n) is 16.7. The maximum atomic E-state index is 5.63. The molecule has 2 aromatic heterocycles. The Morgan fingerprint density at radius 2 is 1.73 bits per heavy atom. The van der Waals surface area contributed by atoms with E-state index in [1.807, 2.05) is 30.3 Å². The van der Waals surface area contributed by atoms with Crippen LogP contribution in [0, 0.1) is 5.92 Å². The molecule has 150 valence electrons. The van der Waals surface area contributed by atoms with Gasteiger partial charge in [-0.3, -0.25) is 4.98 Å². The molecule has 2 aromatic carbocycles. The molecule has 30 heavy (non-hydrogen) atoms. The summed E-state index contributed by atoms with van der Waals surface area (Å²) in [6, 6.07) is 22.8. The van der Waals surface area contributed by atoms with Crippen LogP contribution in [0.3, 0.4) is 0 Å². The second-order valence-electron chi connectivity index (χ2n) is 7.72. The summed E-state index contributed by atoms with van der Waals surface area (Å²) in [5.41, 5.74) is 3.15. The first-order valence-electron chi connectivity index (χ1n) is 10.4. The van der Waals surface area contributed by atoms with Gasteiger partial charge in [-0.05, 0) is 48.6 Å². The van der Waals surface area contributed by atoms with E-state index in [1.54, 1.807) is 12.4 Å². The third kappa shape index (κ3) is 4.02. The standard InChI is InChI=1S/C25H24N4O/c1-2-6-19(7-3-1)23(16-18-12-15-30-17-18)28-25-21-8-4-5-9-22(21)27-24(29-25)20-10-13-26-14-11-20/h1-11,13-14,18,23H,12,15-17H2,(H,27,28,29). The van der Waals surface area contributed by atoms with E-state index in [0.29, 0.717) is 11.7 Å². The fraction of sp³-hybridized carbons (Fsp3) is 0.240. The fourth-order valence-electron chi connectivity index (χ4n) is 4.05. The van der Waals surface area contributed by atoms with Gasteiger partial charge in [-0.2, -0.15) is 0 Å². The number of nitrogens with zero attached hydrogens (tertiary/aromatic N) is 3. The predicted molar refractivity (Wildman–Crippen MR) is 119 cm³/mol. The number of hydrogen-bond acceptors (Lipinski definition) is 5. The SMILES string of the molecule is c1ccc(C(CC2CCOC2)Nc2nc(-c3ccncc3)nc3ccccc23)cc1. The molecule has 0 aliphatic carbocycles. The molecule has 4 aromatic rings. The monoisotopic (exact) mass is 396 g/mol. The number of para-hydroxylation sites is 1. The number of hydrogen-bond donors (Lipinski definition) is 1. The van der Waals surface area contributed by atoms with E-state index in [4.69, 9.17) is 14.7 Å². The normalized spacial score (nSPS) is 17.1. The lowest BCUT2D eigenvalue weighted by molar-refractivity contribution is 0.183. The Morgan fingerprint density at radius 1 is 0.933 bits per heavy atom. The highest BCUT2D eigenvalue weighted by atomic mass is 16.5. The molecule has 0 amide bonds. The smallest absolute Gasteiger partial charge is 0.162 e. The highest BCUT2D eigenvalue weighted by molar-refractivity contribution is 5.90. The first kappa shape index (κ1) is 18.7. The minimum Gasteiger partial charge on any atom is -0.381 e. The lowest BCUT2D eigenvalue weighted by Gasteiger charge is -2.23. The lowest BCUT2D eigenvalue weighted by Crippen LogP contribution is -2.17. The summed E-state index contributed by atoms with van der Waals surface area (Å²) in [5.74, 6) is 2.12. The zero-order chi connectivity index (χ0) is 20.2. The number of anilines is 1. The number of benzene rings is 2. The van der Waals surface area contributed by atoms with Crippen molar-refractivity contribution in [1.29, 1.82) is 0 Å². The molecule has 1 aliphatic rings. The van der Waals surface area contributed by atoms with Crippen molar-refractivity contribution in [3.63, 3.8) is 0 Å². The maximum absolute atomic E-state index is 5.63. The lowest BCUT2D eigenvalue weighted by atomic mass is 9.94. The Labute approximate surface area is 176 Å². The minimum atomic E-state index is 0.154. The molecule has 0 spiro atoms. The van der Waals surface area contributed by atoms with Gasteiger partial charge in [0, 0.05) is 36.6 Å². The Kier molecular flexibility index (Phi) is 5.36. The fourth-order valence-corrected chi connectivity index (χ4v) is 4.05. The quantitative estimate of drug-likeness (QED) is 0.481. The molecule has 1 fully saturated rings. The van der Waals surface area contributed by atoms with Crippen LogP contribution in [-0.2, 0) is 4.74 Å². The largest absolute Gasteiger partial charge is 0.381 e. The molecular weight excluding hydrogens is 372 g/mol. The first-order chi connectivity index (χ1) is 14.9. The second kappa shape index (κ2) is 8.59. The van der Waals surface area contributed by atoms with E-state index in [-0.39, 0.29) is 6.04 Å². The number of pyridine rings is 1. The van der Waals surface area contributed by atoms with Gasteiger partial charge in [-0.15, -0.1) is 0 Å². The van der Waals surface area contributed by atoms with Gasteiger partial charge in [0.05, 0.1) is 11.6 Å². The molecule has 1 aliphatic heterocycles. The summed E-state index contributed by atoms with van der Waals surface area (Å²) in [4.78, 5) is 13.8. The average Bonchev–Trinajstić information content (AvgIpc) is 3.33. The number of fused-ring (bicyclic) bond motifs is 1. The highest BCUT2D eigenvalue weighted by Crippen LogP contribution is 2.32. The van der Waals surface area contributed by atoms with Crippen molar-refractivity contribution >= 4 is 16.7 Å². The Morgan fingerprint density at radius 3 is 2.53 bits per heavy atom. The zero-order valence-corrected chi connectivity index (χ0v) is 16.7. The summed E-state index contributed by atoms with van der Waals surface area (Å²) < 4.78 is 5.63. The third-order valence-corrected chi connectivity index (χ3v) is 5.65. The van der Waals surface area contributed by atoms with Gasteiger partial charge in [-0.25, -0.2) is 9.97 Å². The van der Waals surface area contributed by atoms with Crippen LogP contribution in [0.2, 0.25) is 0 Å². The molecule has 0 bridgehead atoms. The van der Waals surface area contributed by atoms with Gasteiger partial charge in [0.2, 0.25) is 0 Å². The predicted octanol–water partition coefficient (Wildman–Crippen LogP) is 5.27. The summed E-state index contributed by atoms with van der Waals surface area (Å²) in [7, 11) is 0. The van der Waals surface area contributed by atoms with Gasteiger partial charge in [0.15, 0.2) is 5.82 Å². The second-order valence-corrected chi connectivity index (χ2v) is 7.72. The van der Waals surface area contributed by atoms with Crippen LogP contribution < -0.4 is 5.32 Å². The molecule has 1 saturated heterocycles. The van der Waals surface area contributed by atoms with Gasteiger partial charge in [0.25, 0.3) is 0 Å². The van der Waals surface area contributed by atoms with Gasteiger partial charge < -0.3 is 10.1 Å². The molecule has 3 heterocycles. The van der Waals surface area contributed by atoms with Crippen LogP contribution in [-0.4, -0.2) is 28.2 Å². The van der Waals surface area contributed by atoms with Crippen molar-refractivity contribution in [1.82, 2.24) is 15.0 Å². The van der Waals surface area contributed by atoms with Crippen molar-refractivity contribution in [3.05, 3.63) is 84.7 Å². The van der Waals surface area contributed by atoms with Gasteiger partial charge in [0.1, 0.15) is 5.82 Å². The summed E-state index contributed by atoms with van der Waals surface area (Å²) in [6.45, 7) is 1.69. The molecule has 5 heteroatoms. The van der Waals surface area contributed by atoms with E-state index >= 15 is 0 Å². The van der Waals surface area contributed by atoms with Crippen LogP contribution in [0.5, 0.6) is 0 Å². The molecule has 0 saturated carbocycles. The number of nitrogens with one attached hydrogen (secondary N) is 1. The van der Waals surface area contributed by atoms with Crippen LogP contribution in [0.25, 0.3) is 22.3 Å². The van der Waals surface area contributed by atoms with Crippen molar-refractivity contribution < 1.29 is 4.74 Å². The van der Waals surface area contributed by atoms with Gasteiger partial charge >= 0.3 is 0 Å². The Bertz CT molecular complexity index is 1110. The third-order valence-electron chi connectivity index (χ3n) is 5.65. The van der Waals surface area contributed by atoms with Crippen LogP contribution in [0.1, 0.15) is 24.4 Å². The summed E-state index contributed by atoms with van der Waals surface area (Å²) in [5, 5.41) is 4.78. The Hall–Kier alpha value is -3.31. The van der Waals surface area contributed by atoms with Crippen molar-refractivity contribution in [3.8, 4) is 11.4 Å². The molecule has 0 radical (unpaired) electrons. The summed E-state index contributed by atoms with van der Waals surface area (Å²) >= 11 is 0. The highest BCUT2D eigenvalue weighted by Gasteiger charge is 2.23. The molecule has 5 nitrogen and oxygen atoms in total. The molecule has 2 atom stereocenters. The van der Waals surface area contributed by atoms with Crippen molar-refractivity contribution in [2.45, 2.75) is 18.9 Å². The van der Waals surface area contributed by atoms with Crippen LogP contribution in [0.15, 0.2) is 79.1 Å². The summed E-state index contributed by atoms with van der Waals surface area (Å²) in [6.07, 6.45) is 5.66. The van der Waals surface area contributed by atoms with E-state index in [2.05, 4.69) is 46.7 Å². The number of aromatic nitrogens is 3. The van der Waals surface area contributed by atoms with E-state index in [0.717, 1.165) is 48.3 Å². The first-order valence-corrected chi connectivity index (χ1v) is 10.4. The number of rotatable bonds is 6.